The largest absolute Gasteiger partial charge is 0.399 e. The maximum Gasteiger partial charge on any atom is 0.0992 e. The molecule has 0 amide bonds. The molecule has 0 atom stereocenters. The molecule has 19 heavy (non-hydrogen) atoms. The van der Waals surface area contributed by atoms with Gasteiger partial charge in [-0.1, -0.05) is 17.7 Å². The number of halogens is 2. The molecule has 0 unspecified atom stereocenters. The van der Waals surface area contributed by atoms with Crippen molar-refractivity contribution in [2.75, 3.05) is 5.73 Å². The second kappa shape index (κ2) is 6.33. The molecule has 2 nitrogen and oxygen atoms in total. The highest BCUT2D eigenvalue weighted by atomic mass is 79.9. The minimum absolute atomic E-state index is 0.576. The van der Waals surface area contributed by atoms with Crippen LogP contribution in [-0.2, 0) is 5.75 Å². The molecule has 2 N–H and O–H groups in total. The van der Waals surface area contributed by atoms with Crippen molar-refractivity contribution in [3.8, 4) is 6.07 Å². The zero-order chi connectivity index (χ0) is 13.8. The first kappa shape index (κ1) is 14.3. The maximum absolute atomic E-state index is 8.79. The molecule has 0 aliphatic rings. The van der Waals surface area contributed by atoms with Crippen LogP contribution >= 0.6 is 39.3 Å². The normalized spacial score (nSPS) is 10.2. The Hall–Kier alpha value is -1.15. The van der Waals surface area contributed by atoms with Gasteiger partial charge < -0.3 is 5.73 Å². The summed E-state index contributed by atoms with van der Waals surface area (Å²) in [5, 5.41) is 9.41. The van der Waals surface area contributed by atoms with Crippen molar-refractivity contribution in [2.45, 2.75) is 10.6 Å². The fourth-order valence-corrected chi connectivity index (χ4v) is 3.51. The highest BCUT2D eigenvalue weighted by molar-refractivity contribution is 9.10. The van der Waals surface area contributed by atoms with Gasteiger partial charge in [0.15, 0.2) is 0 Å². The van der Waals surface area contributed by atoms with Crippen LogP contribution in [0.3, 0.4) is 0 Å². The van der Waals surface area contributed by atoms with Gasteiger partial charge in [-0.2, -0.15) is 5.26 Å². The summed E-state index contributed by atoms with van der Waals surface area (Å²) in [5.41, 5.74) is 8.01. The average molecular weight is 354 g/mol. The molecule has 96 valence electrons. The zero-order valence-electron chi connectivity index (χ0n) is 9.86. The fourth-order valence-electron chi connectivity index (χ4n) is 1.52. The lowest BCUT2D eigenvalue weighted by molar-refractivity contribution is 1.35. The second-order valence-electron chi connectivity index (χ2n) is 3.90. The van der Waals surface area contributed by atoms with Gasteiger partial charge in [-0.15, -0.1) is 11.8 Å². The third kappa shape index (κ3) is 3.66. The van der Waals surface area contributed by atoms with Crippen molar-refractivity contribution in [1.82, 2.24) is 0 Å². The van der Waals surface area contributed by atoms with Gasteiger partial charge in [0, 0.05) is 25.8 Å². The molecular formula is C14H10BrClN2S. The zero-order valence-corrected chi connectivity index (χ0v) is 13.0. The topological polar surface area (TPSA) is 49.8 Å². The van der Waals surface area contributed by atoms with E-state index >= 15 is 0 Å². The van der Waals surface area contributed by atoms with Gasteiger partial charge in [-0.25, -0.2) is 0 Å². The predicted octanol–water partition coefficient (Wildman–Crippen LogP) is 4.85. The van der Waals surface area contributed by atoms with Crippen LogP contribution in [0.15, 0.2) is 45.8 Å². The summed E-state index contributed by atoms with van der Waals surface area (Å²) >= 11 is 11.3. The van der Waals surface area contributed by atoms with Gasteiger partial charge in [0.05, 0.1) is 11.6 Å². The minimum atomic E-state index is 0.576. The number of anilines is 1. The Morgan fingerprint density at radius 1 is 1.26 bits per heavy atom. The van der Waals surface area contributed by atoms with E-state index in [9.17, 15) is 0 Å². The lowest BCUT2D eigenvalue weighted by Gasteiger charge is -2.07. The molecule has 0 fully saturated rings. The molecule has 2 rings (SSSR count). The van der Waals surface area contributed by atoms with Gasteiger partial charge in [-0.3, -0.25) is 0 Å². The third-order valence-corrected chi connectivity index (χ3v) is 4.91. The lowest BCUT2D eigenvalue weighted by atomic mass is 10.2. The van der Waals surface area contributed by atoms with Gasteiger partial charge in [0.2, 0.25) is 0 Å². The summed E-state index contributed by atoms with van der Waals surface area (Å²) in [7, 11) is 0. The molecule has 0 radical (unpaired) electrons. The smallest absolute Gasteiger partial charge is 0.0992 e. The molecule has 0 aliphatic heterocycles. The number of hydrogen-bond acceptors (Lipinski definition) is 3. The molecular weight excluding hydrogens is 344 g/mol. The monoisotopic (exact) mass is 352 g/mol. The van der Waals surface area contributed by atoms with E-state index in [4.69, 9.17) is 22.6 Å². The van der Waals surface area contributed by atoms with Gasteiger partial charge >= 0.3 is 0 Å². The van der Waals surface area contributed by atoms with Crippen LogP contribution in [0, 0.1) is 11.3 Å². The van der Waals surface area contributed by atoms with Gasteiger partial charge in [0.25, 0.3) is 0 Å². The number of benzene rings is 2. The third-order valence-electron chi connectivity index (χ3n) is 2.52. The molecule has 5 heteroatoms. The highest BCUT2D eigenvalue weighted by Crippen LogP contribution is 2.33. The van der Waals surface area contributed by atoms with Crippen LogP contribution in [-0.4, -0.2) is 0 Å². The van der Waals surface area contributed by atoms with E-state index in [1.807, 2.05) is 24.3 Å². The summed E-state index contributed by atoms with van der Waals surface area (Å²) in [6.07, 6.45) is 0. The Labute approximate surface area is 129 Å². The van der Waals surface area contributed by atoms with Crippen LogP contribution in [0.2, 0.25) is 5.02 Å². The Balaban J connectivity index is 2.13. The van der Waals surface area contributed by atoms with Crippen LogP contribution in [0.1, 0.15) is 11.1 Å². The lowest BCUT2D eigenvalue weighted by Crippen LogP contribution is -1.87. The number of hydrogen-bond donors (Lipinski definition) is 1. The molecule has 0 aromatic heterocycles. The highest BCUT2D eigenvalue weighted by Gasteiger charge is 2.05. The van der Waals surface area contributed by atoms with Crippen molar-refractivity contribution in [3.05, 3.63) is 57.0 Å². The number of nitrogens with two attached hydrogens (primary N) is 1. The number of nitrogens with zero attached hydrogens (tertiary/aromatic N) is 1. The molecule has 0 saturated carbocycles. The summed E-state index contributed by atoms with van der Waals surface area (Å²) in [4.78, 5) is 1.11. The molecule has 0 heterocycles. The number of nitriles is 1. The first-order chi connectivity index (χ1) is 9.10. The summed E-state index contributed by atoms with van der Waals surface area (Å²) in [6, 6.07) is 13.1. The van der Waals surface area contributed by atoms with E-state index < -0.39 is 0 Å². The van der Waals surface area contributed by atoms with Crippen LogP contribution < -0.4 is 5.73 Å². The van der Waals surface area contributed by atoms with E-state index in [0.29, 0.717) is 10.6 Å². The standard InChI is InChI=1S/C14H10BrClN2S/c15-12-6-11(18)3-4-14(12)19-8-10-2-1-9(7-17)5-13(10)16/h1-6H,8,18H2. The van der Waals surface area contributed by atoms with E-state index in [2.05, 4.69) is 22.0 Å². The summed E-state index contributed by atoms with van der Waals surface area (Å²) in [5.74, 6) is 0.743. The quantitative estimate of drug-likeness (QED) is 0.634. The average Bonchev–Trinajstić information content (AvgIpc) is 2.39. The first-order valence-corrected chi connectivity index (χ1v) is 7.62. The van der Waals surface area contributed by atoms with Crippen molar-refractivity contribution in [2.24, 2.45) is 0 Å². The fraction of sp³-hybridized carbons (Fsp3) is 0.0714. The Morgan fingerprint density at radius 2 is 2.05 bits per heavy atom. The van der Waals surface area contributed by atoms with Crippen LogP contribution in [0.5, 0.6) is 0 Å². The Bertz CT molecular complexity index is 652. The Kier molecular flexibility index (Phi) is 4.76. The number of rotatable bonds is 3. The van der Waals surface area contributed by atoms with Crippen molar-refractivity contribution < 1.29 is 0 Å². The van der Waals surface area contributed by atoms with E-state index in [1.54, 1.807) is 23.9 Å². The molecule has 0 saturated heterocycles. The molecule has 2 aromatic carbocycles. The molecule has 2 aromatic rings. The van der Waals surface area contributed by atoms with Gasteiger partial charge in [-0.05, 0) is 51.8 Å². The predicted molar refractivity (Wildman–Crippen MR) is 84.3 cm³/mol. The van der Waals surface area contributed by atoms with Crippen LogP contribution in [0.25, 0.3) is 0 Å². The van der Waals surface area contributed by atoms with Crippen molar-refractivity contribution in [1.29, 1.82) is 5.26 Å². The summed E-state index contributed by atoms with van der Waals surface area (Å²) in [6.45, 7) is 0. The van der Waals surface area contributed by atoms with Crippen molar-refractivity contribution in [3.63, 3.8) is 0 Å². The first-order valence-electron chi connectivity index (χ1n) is 5.46. The van der Waals surface area contributed by atoms with E-state index in [-0.39, 0.29) is 0 Å². The minimum Gasteiger partial charge on any atom is -0.399 e. The number of thioether (sulfide) groups is 1. The van der Waals surface area contributed by atoms with E-state index in [0.717, 1.165) is 26.4 Å². The van der Waals surface area contributed by atoms with Crippen molar-refractivity contribution >= 4 is 45.0 Å². The van der Waals surface area contributed by atoms with Crippen LogP contribution in [0.4, 0.5) is 5.69 Å². The second-order valence-corrected chi connectivity index (χ2v) is 6.18. The molecule has 0 bridgehead atoms. The SMILES string of the molecule is N#Cc1ccc(CSc2ccc(N)cc2Br)c(Cl)c1. The van der Waals surface area contributed by atoms with Gasteiger partial charge in [0.1, 0.15) is 0 Å². The Morgan fingerprint density at radius 3 is 2.68 bits per heavy atom. The summed E-state index contributed by atoms with van der Waals surface area (Å²) < 4.78 is 0.974. The molecule has 0 aliphatic carbocycles. The number of nitrogen functional groups attached to an aromatic ring is 1. The maximum atomic E-state index is 8.79. The van der Waals surface area contributed by atoms with E-state index in [1.165, 1.54) is 0 Å². The molecule has 0 spiro atoms.